The van der Waals surface area contributed by atoms with Crippen LogP contribution in [0.4, 0.5) is 0 Å². The Morgan fingerprint density at radius 1 is 1.22 bits per heavy atom. The number of hydrogen-bond donors (Lipinski definition) is 0. The summed E-state index contributed by atoms with van der Waals surface area (Å²) < 4.78 is 5.14. The van der Waals surface area contributed by atoms with E-state index >= 15 is 0 Å². The van der Waals surface area contributed by atoms with Crippen LogP contribution in [0.5, 0.6) is 5.75 Å². The van der Waals surface area contributed by atoms with Crippen LogP contribution in [0.25, 0.3) is 0 Å². The van der Waals surface area contributed by atoms with Crippen molar-refractivity contribution in [3.8, 4) is 5.75 Å². The third-order valence-corrected chi connectivity index (χ3v) is 2.68. The molecule has 1 rings (SSSR count). The lowest BCUT2D eigenvalue weighted by molar-refractivity contribution is -0.140. The third kappa shape index (κ3) is 4.20. The van der Waals surface area contributed by atoms with Crippen LogP contribution in [0.2, 0.25) is 0 Å². The molecule has 0 spiro atoms. The van der Waals surface area contributed by atoms with Gasteiger partial charge in [-0.1, -0.05) is 26.0 Å². The van der Waals surface area contributed by atoms with E-state index in [0.717, 1.165) is 0 Å². The summed E-state index contributed by atoms with van der Waals surface area (Å²) in [6.07, 6.45) is 0. The van der Waals surface area contributed by atoms with E-state index in [2.05, 4.69) is 13.8 Å². The van der Waals surface area contributed by atoms with Crippen LogP contribution < -0.4 is 4.74 Å². The first kappa shape index (κ1) is 14.2. The minimum atomic E-state index is -0.440. The molecular formula is C14H19NO3. The first-order valence-corrected chi connectivity index (χ1v) is 5.92. The monoisotopic (exact) mass is 249 g/mol. The summed E-state index contributed by atoms with van der Waals surface area (Å²) in [4.78, 5) is 23.8. The fourth-order valence-electron chi connectivity index (χ4n) is 1.39. The molecule has 0 aliphatic heterocycles. The fraction of sp³-hybridized carbons (Fsp3) is 0.429. The van der Waals surface area contributed by atoms with Crippen LogP contribution in [-0.2, 0) is 9.59 Å². The van der Waals surface area contributed by atoms with E-state index in [1.165, 1.54) is 17.4 Å². The van der Waals surface area contributed by atoms with Gasteiger partial charge in [-0.3, -0.25) is 4.79 Å². The van der Waals surface area contributed by atoms with Gasteiger partial charge in [0.2, 0.25) is 5.91 Å². The zero-order valence-electron chi connectivity index (χ0n) is 11.3. The highest BCUT2D eigenvalue weighted by atomic mass is 16.5. The molecule has 0 saturated heterocycles. The highest BCUT2D eigenvalue weighted by Crippen LogP contribution is 2.18. The van der Waals surface area contributed by atoms with Crippen molar-refractivity contribution in [3.63, 3.8) is 0 Å². The molecule has 0 radical (unpaired) electrons. The zero-order chi connectivity index (χ0) is 13.7. The lowest BCUT2D eigenvalue weighted by atomic mass is 10.0. The maximum atomic E-state index is 11.5. The van der Waals surface area contributed by atoms with Crippen LogP contribution in [0, 0.1) is 0 Å². The molecule has 0 atom stereocenters. The van der Waals surface area contributed by atoms with E-state index in [0.29, 0.717) is 11.7 Å². The van der Waals surface area contributed by atoms with Crippen LogP contribution in [0.1, 0.15) is 32.3 Å². The number of benzene rings is 1. The van der Waals surface area contributed by atoms with Crippen molar-refractivity contribution in [1.29, 1.82) is 0 Å². The van der Waals surface area contributed by atoms with E-state index in [1.807, 2.05) is 12.1 Å². The molecule has 1 aromatic rings. The van der Waals surface area contributed by atoms with Gasteiger partial charge in [-0.25, -0.2) is 4.79 Å². The summed E-state index contributed by atoms with van der Waals surface area (Å²) in [5.74, 6) is 0.340. The lowest BCUT2D eigenvalue weighted by Crippen LogP contribution is -2.32. The maximum Gasteiger partial charge on any atom is 0.331 e. The van der Waals surface area contributed by atoms with Gasteiger partial charge in [0.15, 0.2) is 0 Å². The molecule has 4 heteroatoms. The molecule has 18 heavy (non-hydrogen) atoms. The molecule has 0 saturated carbocycles. The standard InChI is InChI=1S/C14H19NO3/c1-10(2)12-5-7-13(8-6-12)18-14(17)9-15(4)11(3)16/h5-8,10H,9H2,1-4H3. The molecule has 0 aromatic heterocycles. The summed E-state index contributed by atoms with van der Waals surface area (Å²) in [7, 11) is 1.56. The number of ether oxygens (including phenoxy) is 1. The van der Waals surface area contributed by atoms with Crippen molar-refractivity contribution in [2.45, 2.75) is 26.7 Å². The molecule has 1 amide bonds. The zero-order valence-corrected chi connectivity index (χ0v) is 11.3. The van der Waals surface area contributed by atoms with Gasteiger partial charge < -0.3 is 9.64 Å². The minimum absolute atomic E-state index is 0.0404. The highest BCUT2D eigenvalue weighted by molar-refractivity contribution is 5.81. The summed E-state index contributed by atoms with van der Waals surface area (Å²) in [6, 6.07) is 7.39. The molecule has 0 N–H and O–H groups in total. The molecule has 0 aliphatic carbocycles. The second-order valence-electron chi connectivity index (χ2n) is 4.57. The van der Waals surface area contributed by atoms with E-state index < -0.39 is 5.97 Å². The van der Waals surface area contributed by atoms with Crippen LogP contribution in [0.3, 0.4) is 0 Å². The number of carbonyl (C=O) groups excluding carboxylic acids is 2. The Bertz CT molecular complexity index is 423. The average molecular weight is 249 g/mol. The van der Waals surface area contributed by atoms with Crippen molar-refractivity contribution in [1.82, 2.24) is 4.90 Å². The Morgan fingerprint density at radius 3 is 2.22 bits per heavy atom. The SMILES string of the molecule is CC(=O)N(C)CC(=O)Oc1ccc(C(C)C)cc1. The van der Waals surface area contributed by atoms with Crippen molar-refractivity contribution >= 4 is 11.9 Å². The molecule has 0 unspecified atom stereocenters. The van der Waals surface area contributed by atoms with E-state index in [-0.39, 0.29) is 12.5 Å². The Balaban J connectivity index is 2.57. The van der Waals surface area contributed by atoms with Gasteiger partial charge >= 0.3 is 5.97 Å². The maximum absolute atomic E-state index is 11.5. The third-order valence-electron chi connectivity index (χ3n) is 2.68. The van der Waals surface area contributed by atoms with Gasteiger partial charge in [-0.15, -0.1) is 0 Å². The van der Waals surface area contributed by atoms with Crippen molar-refractivity contribution in [2.75, 3.05) is 13.6 Å². The molecule has 0 heterocycles. The van der Waals surface area contributed by atoms with Crippen molar-refractivity contribution < 1.29 is 14.3 Å². The number of hydrogen-bond acceptors (Lipinski definition) is 3. The Kier molecular flexibility index (Phi) is 4.89. The van der Waals surface area contributed by atoms with Crippen LogP contribution in [-0.4, -0.2) is 30.4 Å². The predicted octanol–water partition coefficient (Wildman–Crippen LogP) is 2.19. The number of amides is 1. The van der Waals surface area contributed by atoms with E-state index in [4.69, 9.17) is 4.74 Å². The molecule has 0 bridgehead atoms. The van der Waals surface area contributed by atoms with Crippen molar-refractivity contribution in [3.05, 3.63) is 29.8 Å². The lowest BCUT2D eigenvalue weighted by Gasteiger charge is -2.13. The van der Waals surface area contributed by atoms with Gasteiger partial charge in [0, 0.05) is 14.0 Å². The van der Waals surface area contributed by atoms with Gasteiger partial charge in [0.25, 0.3) is 0 Å². The van der Waals surface area contributed by atoms with Crippen molar-refractivity contribution in [2.24, 2.45) is 0 Å². The smallest absolute Gasteiger partial charge is 0.331 e. The average Bonchev–Trinajstić information content (AvgIpc) is 2.29. The van der Waals surface area contributed by atoms with Crippen LogP contribution >= 0.6 is 0 Å². The quantitative estimate of drug-likeness (QED) is 0.607. The summed E-state index contributed by atoms with van der Waals surface area (Å²) in [6.45, 7) is 5.57. The molecule has 98 valence electrons. The predicted molar refractivity (Wildman–Crippen MR) is 69.5 cm³/mol. The second kappa shape index (κ2) is 6.19. The minimum Gasteiger partial charge on any atom is -0.425 e. The van der Waals surface area contributed by atoms with Gasteiger partial charge in [-0.2, -0.15) is 0 Å². The normalized spacial score (nSPS) is 10.3. The second-order valence-corrected chi connectivity index (χ2v) is 4.57. The molecule has 4 nitrogen and oxygen atoms in total. The van der Waals surface area contributed by atoms with E-state index in [1.54, 1.807) is 19.2 Å². The largest absolute Gasteiger partial charge is 0.425 e. The highest BCUT2D eigenvalue weighted by Gasteiger charge is 2.11. The Labute approximate surface area is 108 Å². The number of rotatable bonds is 4. The molecule has 0 aliphatic rings. The Hall–Kier alpha value is -1.84. The van der Waals surface area contributed by atoms with Gasteiger partial charge in [0.1, 0.15) is 12.3 Å². The summed E-state index contributed by atoms with van der Waals surface area (Å²) in [5.41, 5.74) is 1.19. The summed E-state index contributed by atoms with van der Waals surface area (Å²) >= 11 is 0. The Morgan fingerprint density at radius 2 is 1.78 bits per heavy atom. The number of likely N-dealkylation sites (N-methyl/N-ethyl adjacent to an activating group) is 1. The molecular weight excluding hydrogens is 230 g/mol. The van der Waals surface area contributed by atoms with Crippen LogP contribution in [0.15, 0.2) is 24.3 Å². The first-order valence-electron chi connectivity index (χ1n) is 5.92. The first-order chi connectivity index (χ1) is 8.40. The number of esters is 1. The number of nitrogens with zero attached hydrogens (tertiary/aromatic N) is 1. The van der Waals surface area contributed by atoms with Gasteiger partial charge in [-0.05, 0) is 23.6 Å². The number of carbonyl (C=O) groups is 2. The molecule has 1 aromatic carbocycles. The van der Waals surface area contributed by atoms with E-state index in [9.17, 15) is 9.59 Å². The van der Waals surface area contributed by atoms with Gasteiger partial charge in [0.05, 0.1) is 0 Å². The topological polar surface area (TPSA) is 46.6 Å². The fourth-order valence-corrected chi connectivity index (χ4v) is 1.39. The summed E-state index contributed by atoms with van der Waals surface area (Å²) in [5, 5.41) is 0. The molecule has 0 fully saturated rings.